The topological polar surface area (TPSA) is 52.1 Å². The lowest BCUT2D eigenvalue weighted by Gasteiger charge is -1.99. The summed E-state index contributed by atoms with van der Waals surface area (Å²) in [5.41, 5.74) is 2.56. The second-order valence-electron chi connectivity index (χ2n) is 3.82. The van der Waals surface area contributed by atoms with Crippen molar-refractivity contribution in [2.24, 2.45) is 0 Å². The molecule has 2 heterocycles. The van der Waals surface area contributed by atoms with Crippen molar-refractivity contribution in [3.8, 4) is 10.7 Å². The van der Waals surface area contributed by atoms with Crippen molar-refractivity contribution < 1.29 is 9.53 Å². The summed E-state index contributed by atoms with van der Waals surface area (Å²) in [5.74, 6) is -0.313. The minimum atomic E-state index is -0.313. The van der Waals surface area contributed by atoms with Crippen LogP contribution in [0.5, 0.6) is 0 Å². The molecule has 0 N–H and O–H groups in total. The average molecular weight is 262 g/mol. The Bertz CT molecular complexity index is 578. The maximum absolute atomic E-state index is 11.7. The standard InChI is InChI=1S/C13H14N2O2S/c1-4-17-13(16)11-9(3)15-12(18-11)10-8(2)6-5-7-14-10/h5-7H,4H2,1-3H3. The summed E-state index contributed by atoms with van der Waals surface area (Å²) in [6, 6.07) is 3.86. The number of rotatable bonds is 3. The quantitative estimate of drug-likeness (QED) is 0.798. The lowest BCUT2D eigenvalue weighted by Crippen LogP contribution is -2.03. The zero-order chi connectivity index (χ0) is 13.1. The van der Waals surface area contributed by atoms with E-state index in [4.69, 9.17) is 4.74 Å². The van der Waals surface area contributed by atoms with Crippen molar-refractivity contribution in [1.29, 1.82) is 0 Å². The molecule has 2 aromatic rings. The number of pyridine rings is 1. The lowest BCUT2D eigenvalue weighted by molar-refractivity contribution is 0.0531. The number of nitrogens with zero attached hydrogens (tertiary/aromatic N) is 2. The monoisotopic (exact) mass is 262 g/mol. The zero-order valence-electron chi connectivity index (χ0n) is 10.6. The molecule has 0 atom stereocenters. The first-order valence-corrected chi connectivity index (χ1v) is 6.51. The van der Waals surface area contributed by atoms with Gasteiger partial charge in [0.25, 0.3) is 0 Å². The Hall–Kier alpha value is -1.75. The number of carbonyl (C=O) groups excluding carboxylic acids is 1. The van der Waals surface area contributed by atoms with Crippen molar-refractivity contribution in [3.63, 3.8) is 0 Å². The molecule has 0 aliphatic carbocycles. The Kier molecular flexibility index (Phi) is 3.72. The summed E-state index contributed by atoms with van der Waals surface area (Å²) in [5, 5.41) is 0.758. The second kappa shape index (κ2) is 5.27. The molecule has 0 bridgehead atoms. The highest BCUT2D eigenvalue weighted by Gasteiger charge is 2.18. The van der Waals surface area contributed by atoms with Gasteiger partial charge in [0.1, 0.15) is 15.6 Å². The molecule has 0 saturated heterocycles. The van der Waals surface area contributed by atoms with Crippen LogP contribution in [0.1, 0.15) is 27.9 Å². The van der Waals surface area contributed by atoms with Gasteiger partial charge in [-0.2, -0.15) is 0 Å². The van der Waals surface area contributed by atoms with Crippen molar-refractivity contribution in [2.75, 3.05) is 6.61 Å². The molecule has 0 saturated carbocycles. The van der Waals surface area contributed by atoms with Gasteiger partial charge in [-0.05, 0) is 32.4 Å². The van der Waals surface area contributed by atoms with Crippen LogP contribution in [0.2, 0.25) is 0 Å². The summed E-state index contributed by atoms with van der Waals surface area (Å²) in [6.45, 7) is 5.94. The van der Waals surface area contributed by atoms with Crippen LogP contribution in [0.4, 0.5) is 0 Å². The summed E-state index contributed by atoms with van der Waals surface area (Å²) >= 11 is 1.33. The molecule has 0 aliphatic rings. The van der Waals surface area contributed by atoms with Crippen LogP contribution in [0.3, 0.4) is 0 Å². The van der Waals surface area contributed by atoms with Gasteiger partial charge in [0, 0.05) is 6.20 Å². The van der Waals surface area contributed by atoms with Gasteiger partial charge < -0.3 is 4.74 Å². The average Bonchev–Trinajstić information content (AvgIpc) is 2.72. The van der Waals surface area contributed by atoms with Crippen molar-refractivity contribution >= 4 is 17.3 Å². The fraction of sp³-hybridized carbons (Fsp3) is 0.308. The SMILES string of the molecule is CCOC(=O)c1sc(-c2ncccc2C)nc1C. The maximum Gasteiger partial charge on any atom is 0.350 e. The van der Waals surface area contributed by atoms with E-state index >= 15 is 0 Å². The van der Waals surface area contributed by atoms with E-state index in [0.29, 0.717) is 17.2 Å². The minimum absolute atomic E-state index is 0.313. The van der Waals surface area contributed by atoms with Gasteiger partial charge in [0.2, 0.25) is 0 Å². The Morgan fingerprint density at radius 3 is 2.89 bits per heavy atom. The number of aromatic nitrogens is 2. The molecule has 4 nitrogen and oxygen atoms in total. The Balaban J connectivity index is 2.41. The van der Waals surface area contributed by atoms with E-state index in [1.54, 1.807) is 13.1 Å². The maximum atomic E-state index is 11.7. The van der Waals surface area contributed by atoms with Crippen LogP contribution >= 0.6 is 11.3 Å². The van der Waals surface area contributed by atoms with Crippen LogP contribution in [0.25, 0.3) is 10.7 Å². The molecule has 0 aliphatic heterocycles. The molecule has 2 rings (SSSR count). The van der Waals surface area contributed by atoms with Gasteiger partial charge in [-0.25, -0.2) is 9.78 Å². The van der Waals surface area contributed by atoms with Crippen LogP contribution in [-0.4, -0.2) is 22.5 Å². The molecular formula is C13H14N2O2S. The number of esters is 1. The largest absolute Gasteiger partial charge is 0.462 e. The zero-order valence-corrected chi connectivity index (χ0v) is 11.4. The van der Waals surface area contributed by atoms with E-state index in [9.17, 15) is 4.79 Å². The van der Waals surface area contributed by atoms with Crippen LogP contribution < -0.4 is 0 Å². The highest BCUT2D eigenvalue weighted by atomic mass is 32.1. The third kappa shape index (κ3) is 2.41. The van der Waals surface area contributed by atoms with Crippen LogP contribution in [0.15, 0.2) is 18.3 Å². The molecule has 0 aromatic carbocycles. The third-order valence-electron chi connectivity index (χ3n) is 2.47. The Labute approximate surface area is 110 Å². The van der Waals surface area contributed by atoms with Crippen molar-refractivity contribution in [3.05, 3.63) is 34.5 Å². The number of hydrogen-bond donors (Lipinski definition) is 0. The van der Waals surface area contributed by atoms with Crippen LogP contribution in [-0.2, 0) is 4.74 Å². The Morgan fingerprint density at radius 2 is 2.22 bits per heavy atom. The van der Waals surface area contributed by atoms with Gasteiger partial charge in [0.15, 0.2) is 0 Å². The van der Waals surface area contributed by atoms with E-state index in [1.807, 2.05) is 26.0 Å². The molecule has 5 heteroatoms. The molecule has 0 radical (unpaired) electrons. The molecule has 0 unspecified atom stereocenters. The van der Waals surface area contributed by atoms with Gasteiger partial charge in [-0.15, -0.1) is 11.3 Å². The van der Waals surface area contributed by atoms with Gasteiger partial charge in [-0.1, -0.05) is 6.07 Å². The molecule has 94 valence electrons. The fourth-order valence-electron chi connectivity index (χ4n) is 1.59. The summed E-state index contributed by atoms with van der Waals surface area (Å²) in [6.07, 6.45) is 1.73. The van der Waals surface area contributed by atoms with E-state index in [-0.39, 0.29) is 5.97 Å². The second-order valence-corrected chi connectivity index (χ2v) is 4.82. The van der Waals surface area contributed by atoms with Gasteiger partial charge >= 0.3 is 5.97 Å². The molecular weight excluding hydrogens is 248 g/mol. The summed E-state index contributed by atoms with van der Waals surface area (Å²) in [4.78, 5) is 21.0. The molecule has 2 aromatic heterocycles. The summed E-state index contributed by atoms with van der Waals surface area (Å²) < 4.78 is 5.00. The summed E-state index contributed by atoms with van der Waals surface area (Å²) in [7, 11) is 0. The van der Waals surface area contributed by atoms with E-state index in [0.717, 1.165) is 16.3 Å². The van der Waals surface area contributed by atoms with Crippen molar-refractivity contribution in [1.82, 2.24) is 9.97 Å². The highest BCUT2D eigenvalue weighted by Crippen LogP contribution is 2.28. The number of thiazole rings is 1. The van der Waals surface area contributed by atoms with E-state index in [1.165, 1.54) is 11.3 Å². The molecule has 18 heavy (non-hydrogen) atoms. The number of hydrogen-bond acceptors (Lipinski definition) is 5. The highest BCUT2D eigenvalue weighted by molar-refractivity contribution is 7.17. The molecule has 0 amide bonds. The predicted molar refractivity (Wildman–Crippen MR) is 70.8 cm³/mol. The number of ether oxygens (including phenoxy) is 1. The normalized spacial score (nSPS) is 10.4. The van der Waals surface area contributed by atoms with Gasteiger partial charge in [-0.3, -0.25) is 4.98 Å². The van der Waals surface area contributed by atoms with Crippen LogP contribution in [0, 0.1) is 13.8 Å². The Morgan fingerprint density at radius 1 is 1.44 bits per heavy atom. The first kappa shape index (κ1) is 12.7. The van der Waals surface area contributed by atoms with E-state index in [2.05, 4.69) is 9.97 Å². The minimum Gasteiger partial charge on any atom is -0.462 e. The predicted octanol–water partition coefficient (Wildman–Crippen LogP) is 3.00. The first-order chi connectivity index (χ1) is 8.63. The number of aryl methyl sites for hydroxylation is 2. The molecule has 0 fully saturated rings. The molecule has 0 spiro atoms. The van der Waals surface area contributed by atoms with Crippen molar-refractivity contribution in [2.45, 2.75) is 20.8 Å². The lowest BCUT2D eigenvalue weighted by atomic mass is 10.2. The van der Waals surface area contributed by atoms with E-state index < -0.39 is 0 Å². The number of carbonyl (C=O) groups is 1. The smallest absolute Gasteiger partial charge is 0.350 e. The third-order valence-corrected chi connectivity index (χ3v) is 3.61. The van der Waals surface area contributed by atoms with Gasteiger partial charge in [0.05, 0.1) is 12.3 Å². The first-order valence-electron chi connectivity index (χ1n) is 5.70. The fourth-order valence-corrected chi connectivity index (χ4v) is 2.62.